The minimum absolute atomic E-state index is 0.0887. The highest BCUT2D eigenvalue weighted by Crippen LogP contribution is 2.39. The Balaban J connectivity index is 1.28. The Morgan fingerprint density at radius 1 is 1.05 bits per heavy atom. The summed E-state index contributed by atoms with van der Waals surface area (Å²) in [4.78, 5) is 59.9. The topological polar surface area (TPSA) is 120 Å². The van der Waals surface area contributed by atoms with Crippen molar-refractivity contribution < 1.29 is 29.0 Å². The van der Waals surface area contributed by atoms with Crippen LogP contribution < -0.4 is 4.74 Å². The predicted octanol–water partition coefficient (Wildman–Crippen LogP) is 3.31. The summed E-state index contributed by atoms with van der Waals surface area (Å²) in [6, 6.07) is 11.4. The average Bonchev–Trinajstić information content (AvgIpc) is 3.67. The van der Waals surface area contributed by atoms with E-state index in [1.165, 1.54) is 16.2 Å². The minimum atomic E-state index is -1.13. The zero-order valence-corrected chi connectivity index (χ0v) is 21.1. The van der Waals surface area contributed by atoms with E-state index in [9.17, 15) is 24.3 Å². The molecule has 0 bridgehead atoms. The summed E-state index contributed by atoms with van der Waals surface area (Å²) in [6.45, 7) is 1.05. The van der Waals surface area contributed by atoms with Gasteiger partial charge in [-0.3, -0.25) is 29.2 Å². The maximum Gasteiger partial charge on any atom is 0.407 e. The first kappa shape index (κ1) is 24.1. The number of imide groups is 1. The molecule has 3 aliphatic rings. The second-order valence-corrected chi connectivity index (χ2v) is 10.4. The molecule has 6 rings (SSSR count). The molecular formula is C27H24N4O6S. The molecule has 194 valence electrons. The molecule has 2 aromatic carbocycles. The fourth-order valence-electron chi connectivity index (χ4n) is 5.50. The quantitative estimate of drug-likeness (QED) is 0.501. The van der Waals surface area contributed by atoms with Crippen molar-refractivity contribution in [1.82, 2.24) is 19.7 Å². The molecule has 3 aromatic rings. The number of hydrogen-bond donors (Lipinski definition) is 1. The molecule has 1 fully saturated rings. The number of benzene rings is 2. The SMILES string of the molecule is O=C(c1cncs1)N1CCC(Oc2cccc3c2[C@@H](CN2C(=O)c4ccccc4C2=O)N(C(=O)O)CC3)C1. The van der Waals surface area contributed by atoms with Gasteiger partial charge in [0, 0.05) is 25.1 Å². The number of carbonyl (C=O) groups excluding carboxylic acids is 3. The summed E-state index contributed by atoms with van der Waals surface area (Å²) < 4.78 is 6.40. The molecule has 2 atom stereocenters. The summed E-state index contributed by atoms with van der Waals surface area (Å²) in [6.07, 6.45) is 1.25. The molecule has 0 saturated carbocycles. The Morgan fingerprint density at radius 2 is 1.82 bits per heavy atom. The lowest BCUT2D eigenvalue weighted by atomic mass is 9.91. The molecule has 0 spiro atoms. The lowest BCUT2D eigenvalue weighted by Gasteiger charge is -2.38. The maximum absolute atomic E-state index is 13.1. The highest BCUT2D eigenvalue weighted by atomic mass is 32.1. The van der Waals surface area contributed by atoms with Crippen LogP contribution in [0, 0.1) is 0 Å². The summed E-state index contributed by atoms with van der Waals surface area (Å²) in [7, 11) is 0. The monoisotopic (exact) mass is 532 g/mol. The molecule has 0 radical (unpaired) electrons. The molecule has 0 aliphatic carbocycles. The van der Waals surface area contributed by atoms with Gasteiger partial charge in [-0.25, -0.2) is 4.79 Å². The fourth-order valence-corrected chi connectivity index (χ4v) is 6.09. The van der Waals surface area contributed by atoms with E-state index < -0.39 is 23.9 Å². The first-order valence-corrected chi connectivity index (χ1v) is 13.2. The highest BCUT2D eigenvalue weighted by Gasteiger charge is 2.42. The van der Waals surface area contributed by atoms with Gasteiger partial charge in [-0.15, -0.1) is 11.3 Å². The lowest BCUT2D eigenvalue weighted by molar-refractivity contribution is 0.0564. The number of ether oxygens (including phenoxy) is 1. The van der Waals surface area contributed by atoms with Gasteiger partial charge in [0.2, 0.25) is 0 Å². The molecule has 4 amide bonds. The second kappa shape index (κ2) is 9.56. The maximum atomic E-state index is 13.1. The van der Waals surface area contributed by atoms with E-state index in [4.69, 9.17) is 4.74 Å². The molecule has 38 heavy (non-hydrogen) atoms. The van der Waals surface area contributed by atoms with Gasteiger partial charge in [-0.05, 0) is 30.2 Å². The normalized spacial score (nSPS) is 20.5. The third-order valence-corrected chi connectivity index (χ3v) is 8.10. The number of hydrogen-bond acceptors (Lipinski definition) is 7. The molecule has 1 saturated heterocycles. The Hall–Kier alpha value is -4.25. The number of amides is 4. The average molecular weight is 533 g/mol. The van der Waals surface area contributed by atoms with Crippen LogP contribution in [0.15, 0.2) is 54.2 Å². The van der Waals surface area contributed by atoms with Crippen molar-refractivity contribution in [3.8, 4) is 5.75 Å². The number of nitrogens with zero attached hydrogens (tertiary/aromatic N) is 4. The first-order valence-electron chi connectivity index (χ1n) is 12.3. The molecule has 4 heterocycles. The lowest BCUT2D eigenvalue weighted by Crippen LogP contribution is -2.46. The standard InChI is InChI=1S/C27H24N4O6S/c32-24-18-5-1-2-6-19(18)25(33)31(24)14-20-23-16(8-11-30(20)27(35)36)4-3-7-21(23)37-17-9-10-29(13-17)26(34)22-12-28-15-38-22/h1-7,12,15,17,20H,8-11,13-14H2,(H,35,36)/t17?,20-/m1/s1. The van der Waals surface area contributed by atoms with Crippen molar-refractivity contribution in [3.05, 3.63) is 81.3 Å². The van der Waals surface area contributed by atoms with Crippen molar-refractivity contribution in [3.63, 3.8) is 0 Å². The van der Waals surface area contributed by atoms with E-state index in [0.29, 0.717) is 53.2 Å². The Morgan fingerprint density at radius 3 is 2.50 bits per heavy atom. The van der Waals surface area contributed by atoms with E-state index in [1.807, 2.05) is 12.1 Å². The van der Waals surface area contributed by atoms with Crippen molar-refractivity contribution in [2.75, 3.05) is 26.2 Å². The van der Waals surface area contributed by atoms with E-state index in [2.05, 4.69) is 4.98 Å². The summed E-state index contributed by atoms with van der Waals surface area (Å²) >= 11 is 1.29. The van der Waals surface area contributed by atoms with Gasteiger partial charge in [0.05, 0.1) is 42.0 Å². The number of carboxylic acid groups (broad SMARTS) is 1. The van der Waals surface area contributed by atoms with Crippen LogP contribution in [0.1, 0.15) is 54.0 Å². The summed E-state index contributed by atoms with van der Waals surface area (Å²) in [5, 5.41) is 10.0. The zero-order valence-electron chi connectivity index (χ0n) is 20.3. The van der Waals surface area contributed by atoms with E-state index in [1.54, 1.807) is 46.9 Å². The molecule has 1 unspecified atom stereocenters. The number of thiazole rings is 1. The van der Waals surface area contributed by atoms with Gasteiger partial charge in [0.1, 0.15) is 16.7 Å². The number of likely N-dealkylation sites (tertiary alicyclic amines) is 1. The smallest absolute Gasteiger partial charge is 0.407 e. The van der Waals surface area contributed by atoms with Gasteiger partial charge in [0.15, 0.2) is 0 Å². The highest BCUT2D eigenvalue weighted by molar-refractivity contribution is 7.11. The van der Waals surface area contributed by atoms with Crippen LogP contribution in [0.2, 0.25) is 0 Å². The van der Waals surface area contributed by atoms with E-state index in [0.717, 1.165) is 10.5 Å². The molecular weight excluding hydrogens is 508 g/mol. The Labute approximate surface area is 222 Å². The van der Waals surface area contributed by atoms with E-state index >= 15 is 0 Å². The van der Waals surface area contributed by atoms with Crippen LogP contribution in [-0.4, -0.2) is 80.9 Å². The number of aromatic nitrogens is 1. The third-order valence-electron chi connectivity index (χ3n) is 7.34. The van der Waals surface area contributed by atoms with Gasteiger partial charge in [0.25, 0.3) is 17.7 Å². The van der Waals surface area contributed by atoms with Gasteiger partial charge < -0.3 is 14.7 Å². The van der Waals surface area contributed by atoms with Crippen molar-refractivity contribution in [2.45, 2.75) is 25.0 Å². The van der Waals surface area contributed by atoms with Gasteiger partial charge in [-0.2, -0.15) is 0 Å². The Kier molecular flexibility index (Phi) is 6.07. The third kappa shape index (κ3) is 4.08. The molecule has 1 aromatic heterocycles. The first-order chi connectivity index (χ1) is 18.4. The van der Waals surface area contributed by atoms with Crippen LogP contribution in [0.3, 0.4) is 0 Å². The molecule has 1 N–H and O–H groups in total. The van der Waals surface area contributed by atoms with Crippen LogP contribution >= 0.6 is 11.3 Å². The molecule has 11 heteroatoms. The van der Waals surface area contributed by atoms with Crippen molar-refractivity contribution in [2.24, 2.45) is 0 Å². The van der Waals surface area contributed by atoms with Gasteiger partial charge in [-0.1, -0.05) is 24.3 Å². The van der Waals surface area contributed by atoms with Crippen LogP contribution in [0.5, 0.6) is 5.75 Å². The summed E-state index contributed by atoms with van der Waals surface area (Å²) in [5.41, 5.74) is 3.83. The summed E-state index contributed by atoms with van der Waals surface area (Å²) in [5.74, 6) is -0.453. The second-order valence-electron chi connectivity index (χ2n) is 9.48. The van der Waals surface area contributed by atoms with Crippen LogP contribution in [-0.2, 0) is 6.42 Å². The predicted molar refractivity (Wildman–Crippen MR) is 136 cm³/mol. The fraction of sp³-hybridized carbons (Fsp3) is 0.296. The number of carbonyl (C=O) groups is 4. The molecule has 3 aliphatic heterocycles. The van der Waals surface area contributed by atoms with Crippen molar-refractivity contribution >= 4 is 35.2 Å². The number of rotatable bonds is 5. The largest absolute Gasteiger partial charge is 0.488 e. The van der Waals surface area contributed by atoms with E-state index in [-0.39, 0.29) is 25.1 Å². The zero-order chi connectivity index (χ0) is 26.4. The number of fused-ring (bicyclic) bond motifs is 2. The van der Waals surface area contributed by atoms with Crippen molar-refractivity contribution in [1.29, 1.82) is 0 Å². The molecule has 10 nitrogen and oxygen atoms in total. The van der Waals surface area contributed by atoms with Crippen LogP contribution in [0.4, 0.5) is 4.79 Å². The minimum Gasteiger partial charge on any atom is -0.488 e. The van der Waals surface area contributed by atoms with Gasteiger partial charge >= 0.3 is 6.09 Å². The Bertz CT molecular complexity index is 1410. The van der Waals surface area contributed by atoms with Crippen LogP contribution in [0.25, 0.3) is 0 Å².